The minimum atomic E-state index is 0.339. The maximum atomic E-state index is 9.12. The van der Waals surface area contributed by atoms with E-state index in [1.807, 2.05) is 0 Å². The van der Waals surface area contributed by atoms with Crippen LogP contribution in [0.3, 0.4) is 0 Å². The van der Waals surface area contributed by atoms with E-state index in [0.717, 1.165) is 45.7 Å². The van der Waals surface area contributed by atoms with Crippen LogP contribution in [0.2, 0.25) is 0 Å². The SMILES string of the molecule is CCCNC1CCOCC1CN1CCCC(CCO)C1. The highest BCUT2D eigenvalue weighted by Gasteiger charge is 2.29. The lowest BCUT2D eigenvalue weighted by Crippen LogP contribution is -2.49. The van der Waals surface area contributed by atoms with E-state index in [9.17, 15) is 0 Å². The first-order valence-electron chi connectivity index (χ1n) is 8.47. The average molecular weight is 284 g/mol. The maximum absolute atomic E-state index is 9.12. The summed E-state index contributed by atoms with van der Waals surface area (Å²) in [5.74, 6) is 1.32. The van der Waals surface area contributed by atoms with Gasteiger partial charge in [-0.05, 0) is 51.1 Å². The van der Waals surface area contributed by atoms with Crippen molar-refractivity contribution in [3.8, 4) is 0 Å². The Balaban J connectivity index is 1.79. The zero-order valence-corrected chi connectivity index (χ0v) is 13.0. The Morgan fingerprint density at radius 3 is 3.05 bits per heavy atom. The Bertz CT molecular complexity index is 261. The third-order valence-corrected chi connectivity index (χ3v) is 4.76. The van der Waals surface area contributed by atoms with Gasteiger partial charge in [0, 0.05) is 38.3 Å². The molecule has 0 bridgehead atoms. The highest BCUT2D eigenvalue weighted by atomic mass is 16.5. The van der Waals surface area contributed by atoms with Crippen LogP contribution < -0.4 is 5.32 Å². The van der Waals surface area contributed by atoms with Crippen molar-refractivity contribution in [1.29, 1.82) is 0 Å². The second kappa shape index (κ2) is 8.98. The predicted molar refractivity (Wildman–Crippen MR) is 81.9 cm³/mol. The fourth-order valence-corrected chi connectivity index (χ4v) is 3.64. The number of aliphatic hydroxyl groups excluding tert-OH is 1. The van der Waals surface area contributed by atoms with Crippen molar-refractivity contribution >= 4 is 0 Å². The van der Waals surface area contributed by atoms with E-state index in [4.69, 9.17) is 9.84 Å². The number of hydrogen-bond donors (Lipinski definition) is 2. The topological polar surface area (TPSA) is 44.7 Å². The van der Waals surface area contributed by atoms with Crippen LogP contribution in [0.4, 0.5) is 0 Å². The quantitative estimate of drug-likeness (QED) is 0.743. The molecule has 3 atom stereocenters. The summed E-state index contributed by atoms with van der Waals surface area (Å²) >= 11 is 0. The molecule has 0 radical (unpaired) electrons. The van der Waals surface area contributed by atoms with Crippen LogP contribution in [0, 0.1) is 11.8 Å². The van der Waals surface area contributed by atoms with Gasteiger partial charge in [-0.15, -0.1) is 0 Å². The summed E-state index contributed by atoms with van der Waals surface area (Å²) in [4.78, 5) is 2.60. The molecule has 0 aromatic carbocycles. The molecule has 2 heterocycles. The first-order valence-corrected chi connectivity index (χ1v) is 8.47. The summed E-state index contributed by atoms with van der Waals surface area (Å²) in [7, 11) is 0. The second-order valence-corrected chi connectivity index (χ2v) is 6.46. The lowest BCUT2D eigenvalue weighted by molar-refractivity contribution is 0.00943. The van der Waals surface area contributed by atoms with Crippen molar-refractivity contribution in [2.24, 2.45) is 11.8 Å². The number of nitrogens with zero attached hydrogens (tertiary/aromatic N) is 1. The summed E-state index contributed by atoms with van der Waals surface area (Å²) in [5, 5.41) is 12.8. The van der Waals surface area contributed by atoms with E-state index in [-0.39, 0.29) is 0 Å². The fraction of sp³-hybridized carbons (Fsp3) is 1.00. The minimum absolute atomic E-state index is 0.339. The molecule has 0 aromatic rings. The number of ether oxygens (including phenoxy) is 1. The molecule has 0 aliphatic carbocycles. The summed E-state index contributed by atoms with van der Waals surface area (Å²) in [6.45, 7) is 9.04. The summed E-state index contributed by atoms with van der Waals surface area (Å²) < 4.78 is 5.70. The third kappa shape index (κ3) is 4.99. The van der Waals surface area contributed by atoms with Crippen LogP contribution in [-0.2, 0) is 4.74 Å². The number of rotatable bonds is 7. The molecular formula is C16H32N2O2. The third-order valence-electron chi connectivity index (χ3n) is 4.76. The molecule has 2 aliphatic heterocycles. The predicted octanol–water partition coefficient (Wildman–Crippen LogP) is 1.49. The summed E-state index contributed by atoms with van der Waals surface area (Å²) in [6.07, 6.45) is 5.89. The molecule has 0 spiro atoms. The molecule has 2 rings (SSSR count). The maximum Gasteiger partial charge on any atom is 0.0521 e. The molecule has 4 heteroatoms. The smallest absolute Gasteiger partial charge is 0.0521 e. The van der Waals surface area contributed by atoms with Crippen molar-refractivity contribution in [2.75, 3.05) is 46.0 Å². The Kier molecular flexibility index (Phi) is 7.28. The second-order valence-electron chi connectivity index (χ2n) is 6.46. The number of piperidine rings is 1. The van der Waals surface area contributed by atoms with Gasteiger partial charge in [-0.1, -0.05) is 6.92 Å². The normalized spacial score (nSPS) is 32.4. The zero-order chi connectivity index (χ0) is 14.2. The first-order chi connectivity index (χ1) is 9.83. The molecule has 4 nitrogen and oxygen atoms in total. The van der Waals surface area contributed by atoms with Gasteiger partial charge >= 0.3 is 0 Å². The van der Waals surface area contributed by atoms with Crippen molar-refractivity contribution in [3.63, 3.8) is 0 Å². The van der Waals surface area contributed by atoms with Crippen LogP contribution in [0.25, 0.3) is 0 Å². The van der Waals surface area contributed by atoms with E-state index >= 15 is 0 Å². The van der Waals surface area contributed by atoms with Gasteiger partial charge in [0.1, 0.15) is 0 Å². The van der Waals surface area contributed by atoms with E-state index in [2.05, 4.69) is 17.1 Å². The molecule has 2 N–H and O–H groups in total. The lowest BCUT2D eigenvalue weighted by atomic mass is 9.91. The first kappa shape index (κ1) is 16.2. The zero-order valence-electron chi connectivity index (χ0n) is 13.0. The molecule has 20 heavy (non-hydrogen) atoms. The fourth-order valence-electron chi connectivity index (χ4n) is 3.64. The van der Waals surface area contributed by atoms with Gasteiger partial charge in [-0.3, -0.25) is 0 Å². The highest BCUT2D eigenvalue weighted by Crippen LogP contribution is 2.23. The van der Waals surface area contributed by atoms with E-state index in [1.54, 1.807) is 0 Å². The van der Waals surface area contributed by atoms with Crippen LogP contribution in [-0.4, -0.2) is 62.0 Å². The van der Waals surface area contributed by atoms with Crippen LogP contribution >= 0.6 is 0 Å². The Morgan fingerprint density at radius 1 is 1.35 bits per heavy atom. The standard InChI is InChI=1S/C16H32N2O2/c1-2-7-17-16-6-10-20-13-15(16)12-18-8-3-4-14(11-18)5-9-19/h14-17,19H,2-13H2,1H3. The van der Waals surface area contributed by atoms with Crippen LogP contribution in [0.1, 0.15) is 39.0 Å². The molecule has 0 saturated carbocycles. The molecule has 2 aliphatic rings. The van der Waals surface area contributed by atoms with Gasteiger partial charge < -0.3 is 20.1 Å². The molecule has 2 fully saturated rings. The summed E-state index contributed by atoms with van der Waals surface area (Å²) in [6, 6.07) is 0.627. The van der Waals surface area contributed by atoms with Crippen LogP contribution in [0.5, 0.6) is 0 Å². The van der Waals surface area contributed by atoms with Gasteiger partial charge in [0.15, 0.2) is 0 Å². The number of likely N-dealkylation sites (tertiary alicyclic amines) is 1. The van der Waals surface area contributed by atoms with Gasteiger partial charge in [0.05, 0.1) is 6.61 Å². The number of nitrogens with one attached hydrogen (secondary N) is 1. The van der Waals surface area contributed by atoms with Crippen molar-refractivity contribution in [2.45, 2.75) is 45.1 Å². The van der Waals surface area contributed by atoms with Gasteiger partial charge in [-0.2, -0.15) is 0 Å². The molecule has 0 amide bonds. The lowest BCUT2D eigenvalue weighted by Gasteiger charge is -2.39. The van der Waals surface area contributed by atoms with E-state index < -0.39 is 0 Å². The van der Waals surface area contributed by atoms with Gasteiger partial charge in [0.25, 0.3) is 0 Å². The van der Waals surface area contributed by atoms with Crippen molar-refractivity contribution in [3.05, 3.63) is 0 Å². The largest absolute Gasteiger partial charge is 0.396 e. The number of hydrogen-bond acceptors (Lipinski definition) is 4. The Morgan fingerprint density at radius 2 is 2.25 bits per heavy atom. The minimum Gasteiger partial charge on any atom is -0.396 e. The molecule has 0 aromatic heterocycles. The van der Waals surface area contributed by atoms with Gasteiger partial charge in [-0.25, -0.2) is 0 Å². The number of aliphatic hydroxyl groups is 1. The van der Waals surface area contributed by atoms with Crippen molar-refractivity contribution in [1.82, 2.24) is 10.2 Å². The Labute approximate surface area is 123 Å². The molecule has 118 valence electrons. The highest BCUT2D eigenvalue weighted by molar-refractivity contribution is 4.84. The molecule has 2 saturated heterocycles. The van der Waals surface area contributed by atoms with Gasteiger partial charge in [0.2, 0.25) is 0 Å². The Hall–Kier alpha value is -0.160. The van der Waals surface area contributed by atoms with Crippen molar-refractivity contribution < 1.29 is 9.84 Å². The van der Waals surface area contributed by atoms with E-state index in [0.29, 0.717) is 24.5 Å². The molecule has 3 unspecified atom stereocenters. The average Bonchev–Trinajstić information content (AvgIpc) is 2.47. The van der Waals surface area contributed by atoms with Crippen LogP contribution in [0.15, 0.2) is 0 Å². The molecular weight excluding hydrogens is 252 g/mol. The van der Waals surface area contributed by atoms with E-state index in [1.165, 1.54) is 25.8 Å². The monoisotopic (exact) mass is 284 g/mol. The summed E-state index contributed by atoms with van der Waals surface area (Å²) in [5.41, 5.74) is 0.